The first-order valence-electron chi connectivity index (χ1n) is 8.38. The Morgan fingerprint density at radius 2 is 2.04 bits per heavy atom. The molecule has 2 rings (SSSR count). The first-order chi connectivity index (χ1) is 11.5. The van der Waals surface area contributed by atoms with Crippen LogP contribution < -0.4 is 10.1 Å². The van der Waals surface area contributed by atoms with Crippen molar-refractivity contribution in [2.45, 2.75) is 51.2 Å². The van der Waals surface area contributed by atoms with Gasteiger partial charge in [-0.3, -0.25) is 4.79 Å². The molecule has 6 heteroatoms. The molecule has 0 aliphatic carbocycles. The van der Waals surface area contributed by atoms with Gasteiger partial charge >= 0.3 is 5.97 Å². The molecule has 0 aromatic heterocycles. The highest BCUT2D eigenvalue weighted by atomic mass is 16.5. The van der Waals surface area contributed by atoms with E-state index in [1.54, 1.807) is 12.1 Å². The number of carboxylic acid groups (broad SMARTS) is 1. The van der Waals surface area contributed by atoms with Crippen molar-refractivity contribution in [1.82, 2.24) is 5.32 Å². The minimum atomic E-state index is -1.00. The van der Waals surface area contributed by atoms with Gasteiger partial charge in [-0.2, -0.15) is 0 Å². The van der Waals surface area contributed by atoms with Crippen molar-refractivity contribution in [1.29, 1.82) is 0 Å². The third-order valence-electron chi connectivity index (χ3n) is 4.03. The van der Waals surface area contributed by atoms with Crippen molar-refractivity contribution in [2.24, 2.45) is 0 Å². The summed E-state index contributed by atoms with van der Waals surface area (Å²) in [6.45, 7) is 2.30. The highest BCUT2D eigenvalue weighted by Crippen LogP contribution is 2.22. The largest absolute Gasteiger partial charge is 0.482 e. The summed E-state index contributed by atoms with van der Waals surface area (Å²) in [6, 6.07) is 7.21. The van der Waals surface area contributed by atoms with Crippen LogP contribution in [0.25, 0.3) is 0 Å². The highest BCUT2D eigenvalue weighted by Gasteiger charge is 2.21. The lowest BCUT2D eigenvalue weighted by molar-refractivity contribution is -0.139. The second kappa shape index (κ2) is 9.27. The summed E-state index contributed by atoms with van der Waals surface area (Å²) in [5, 5.41) is 11.5. The van der Waals surface area contributed by atoms with Crippen LogP contribution in [0.1, 0.15) is 38.2 Å². The molecule has 132 valence electrons. The number of benzene rings is 1. The summed E-state index contributed by atoms with van der Waals surface area (Å²) in [5.41, 5.74) is 1.06. The number of hydrogen-bond donors (Lipinski definition) is 2. The number of rotatable bonds is 9. The van der Waals surface area contributed by atoms with E-state index < -0.39 is 5.97 Å². The second-order valence-corrected chi connectivity index (χ2v) is 6.11. The molecule has 0 radical (unpaired) electrons. The van der Waals surface area contributed by atoms with Gasteiger partial charge in [0.25, 0.3) is 0 Å². The average molecular weight is 335 g/mol. The number of aliphatic carboxylic acids is 1. The molecule has 1 amide bonds. The fourth-order valence-corrected chi connectivity index (χ4v) is 2.72. The lowest BCUT2D eigenvalue weighted by atomic mass is 10.1. The Bertz CT molecular complexity index is 543. The van der Waals surface area contributed by atoms with Gasteiger partial charge in [-0.1, -0.05) is 12.1 Å². The summed E-state index contributed by atoms with van der Waals surface area (Å²) in [4.78, 5) is 22.3. The molecule has 0 unspecified atom stereocenters. The van der Waals surface area contributed by atoms with Gasteiger partial charge in [-0.05, 0) is 50.3 Å². The van der Waals surface area contributed by atoms with Crippen molar-refractivity contribution in [3.05, 3.63) is 29.8 Å². The minimum Gasteiger partial charge on any atom is -0.482 e. The predicted molar refractivity (Wildman–Crippen MR) is 89.1 cm³/mol. The first-order valence-corrected chi connectivity index (χ1v) is 8.38. The van der Waals surface area contributed by atoms with Crippen LogP contribution in [0.5, 0.6) is 5.75 Å². The van der Waals surface area contributed by atoms with E-state index in [0.717, 1.165) is 31.2 Å². The zero-order chi connectivity index (χ0) is 17.4. The van der Waals surface area contributed by atoms with E-state index in [1.807, 2.05) is 12.1 Å². The fourth-order valence-electron chi connectivity index (χ4n) is 2.72. The summed E-state index contributed by atoms with van der Waals surface area (Å²) in [7, 11) is 0. The van der Waals surface area contributed by atoms with Gasteiger partial charge in [0.2, 0.25) is 5.91 Å². The van der Waals surface area contributed by atoms with Crippen LogP contribution in [0.2, 0.25) is 0 Å². The van der Waals surface area contributed by atoms with E-state index in [4.69, 9.17) is 14.6 Å². The number of ether oxygens (including phenoxy) is 2. The molecule has 1 heterocycles. The van der Waals surface area contributed by atoms with E-state index >= 15 is 0 Å². The zero-order valence-electron chi connectivity index (χ0n) is 14.0. The van der Waals surface area contributed by atoms with E-state index in [9.17, 15) is 9.59 Å². The number of carbonyl (C=O) groups is 2. The number of carbonyl (C=O) groups excluding carboxylic acids is 1. The highest BCUT2D eigenvalue weighted by molar-refractivity contribution is 5.75. The monoisotopic (exact) mass is 335 g/mol. The number of nitrogens with one attached hydrogen (secondary N) is 1. The maximum absolute atomic E-state index is 11.8. The molecule has 1 aromatic carbocycles. The van der Waals surface area contributed by atoms with E-state index in [2.05, 4.69) is 12.2 Å². The van der Waals surface area contributed by atoms with E-state index in [0.29, 0.717) is 24.8 Å². The molecule has 0 saturated carbocycles. The average Bonchev–Trinajstić information content (AvgIpc) is 2.97. The lowest BCUT2D eigenvalue weighted by Gasteiger charge is -2.11. The van der Waals surface area contributed by atoms with Crippen molar-refractivity contribution in [2.75, 3.05) is 13.2 Å². The molecule has 6 nitrogen and oxygen atoms in total. The molecule has 1 aliphatic heterocycles. The third-order valence-corrected chi connectivity index (χ3v) is 4.03. The molecular formula is C18H25NO5. The van der Waals surface area contributed by atoms with Gasteiger partial charge in [0.15, 0.2) is 6.61 Å². The molecule has 2 atom stereocenters. The topological polar surface area (TPSA) is 84.9 Å². The molecule has 24 heavy (non-hydrogen) atoms. The summed E-state index contributed by atoms with van der Waals surface area (Å²) < 4.78 is 10.8. The molecule has 0 bridgehead atoms. The van der Waals surface area contributed by atoms with Crippen molar-refractivity contribution >= 4 is 11.9 Å². The lowest BCUT2D eigenvalue weighted by Crippen LogP contribution is -2.26. The van der Waals surface area contributed by atoms with Gasteiger partial charge in [0.05, 0.1) is 12.2 Å². The number of carboxylic acids is 1. The fraction of sp³-hybridized carbons (Fsp3) is 0.556. The van der Waals surface area contributed by atoms with Gasteiger partial charge in [0.1, 0.15) is 5.75 Å². The molecule has 2 N–H and O–H groups in total. The maximum Gasteiger partial charge on any atom is 0.341 e. The van der Waals surface area contributed by atoms with Crippen LogP contribution in [0.4, 0.5) is 0 Å². The number of hydrogen-bond acceptors (Lipinski definition) is 4. The minimum absolute atomic E-state index is 0.0552. The van der Waals surface area contributed by atoms with Crippen molar-refractivity contribution in [3.63, 3.8) is 0 Å². The Kier molecular flexibility index (Phi) is 7.06. The molecule has 1 fully saturated rings. The Morgan fingerprint density at radius 1 is 1.29 bits per heavy atom. The smallest absolute Gasteiger partial charge is 0.341 e. The van der Waals surface area contributed by atoms with Crippen molar-refractivity contribution < 1.29 is 24.2 Å². The normalized spacial score (nSPS) is 19.9. The van der Waals surface area contributed by atoms with Crippen LogP contribution in [0.15, 0.2) is 24.3 Å². The van der Waals surface area contributed by atoms with Crippen LogP contribution in [-0.2, 0) is 20.7 Å². The Labute approximate surface area is 142 Å². The number of amides is 1. The molecule has 1 saturated heterocycles. The van der Waals surface area contributed by atoms with Gasteiger partial charge in [0, 0.05) is 13.0 Å². The SMILES string of the molecule is C[C@H]1CC[C@@H](CCC(=O)NCCc2ccc(OCC(=O)O)cc2)O1. The van der Waals surface area contributed by atoms with Crippen LogP contribution in [-0.4, -0.2) is 42.3 Å². The van der Waals surface area contributed by atoms with Crippen molar-refractivity contribution in [3.8, 4) is 5.75 Å². The van der Waals surface area contributed by atoms with Crippen LogP contribution >= 0.6 is 0 Å². The predicted octanol–water partition coefficient (Wildman–Crippen LogP) is 2.16. The summed E-state index contributed by atoms with van der Waals surface area (Å²) in [6.07, 6.45) is 4.68. The Balaban J connectivity index is 1.60. The van der Waals surface area contributed by atoms with E-state index in [1.165, 1.54) is 0 Å². The van der Waals surface area contributed by atoms with Gasteiger partial charge in [-0.15, -0.1) is 0 Å². The Hall–Kier alpha value is -2.08. The standard InChI is InChI=1S/C18H25NO5/c1-13-2-5-16(24-13)8-9-17(20)19-11-10-14-3-6-15(7-4-14)23-12-18(21)22/h3-4,6-7,13,16H,2,5,8-12H2,1H3,(H,19,20)(H,21,22)/t13-,16-/m0/s1. The molecule has 0 spiro atoms. The first kappa shape index (κ1) is 18.3. The van der Waals surface area contributed by atoms with Crippen LogP contribution in [0, 0.1) is 0 Å². The molecule has 1 aliphatic rings. The van der Waals surface area contributed by atoms with Gasteiger partial charge in [-0.25, -0.2) is 4.79 Å². The second-order valence-electron chi connectivity index (χ2n) is 6.11. The summed E-state index contributed by atoms with van der Waals surface area (Å²) in [5.74, 6) is -0.421. The zero-order valence-corrected chi connectivity index (χ0v) is 14.0. The third kappa shape index (κ3) is 6.58. The summed E-state index contributed by atoms with van der Waals surface area (Å²) >= 11 is 0. The van der Waals surface area contributed by atoms with Crippen LogP contribution in [0.3, 0.4) is 0 Å². The molecule has 1 aromatic rings. The quantitative estimate of drug-likeness (QED) is 0.722. The van der Waals surface area contributed by atoms with Gasteiger partial charge < -0.3 is 19.9 Å². The maximum atomic E-state index is 11.8. The van der Waals surface area contributed by atoms with E-state index in [-0.39, 0.29) is 18.6 Å². The Morgan fingerprint density at radius 3 is 2.67 bits per heavy atom. The molecular weight excluding hydrogens is 310 g/mol.